The summed E-state index contributed by atoms with van der Waals surface area (Å²) in [5, 5.41) is 13.9. The normalized spacial score (nSPS) is 15.7. The van der Waals surface area contributed by atoms with Crippen LogP contribution < -0.4 is 10.6 Å². The van der Waals surface area contributed by atoms with E-state index >= 15 is 0 Å². The SMILES string of the molecule is CC(C)C[C@H](NC(=O)[C@H](CCc1ccccc1)CC(=O)CN1CCOCC1)C(=O)C[C@@H](Cc1ccccc1)C(=O)N[C@@H](CC(C)C)C(=O)[C@@](C)(CI)OC(=O)CCCC(=O)CCc1cn(C)nn1. The zero-order valence-electron chi connectivity index (χ0n) is 40.9. The van der Waals surface area contributed by atoms with E-state index in [-0.39, 0.29) is 97.4 Å². The van der Waals surface area contributed by atoms with E-state index in [1.54, 1.807) is 24.9 Å². The number of esters is 1. The number of amides is 2. The smallest absolute Gasteiger partial charge is 0.306 e. The number of Topliss-reactive ketones (excluding diaryl/α,β-unsaturated/α-hetero) is 4. The summed E-state index contributed by atoms with van der Waals surface area (Å²) in [7, 11) is 1.75. The maximum absolute atomic E-state index is 14.5. The number of ketones is 4. The summed E-state index contributed by atoms with van der Waals surface area (Å²) in [6.45, 7) is 11.9. The summed E-state index contributed by atoms with van der Waals surface area (Å²) in [5.74, 6) is -4.00. The fourth-order valence-electron chi connectivity index (χ4n) is 8.37. The maximum atomic E-state index is 14.5. The molecule has 1 aliphatic rings. The van der Waals surface area contributed by atoms with E-state index < -0.39 is 47.2 Å². The van der Waals surface area contributed by atoms with Crippen LogP contribution >= 0.6 is 22.6 Å². The van der Waals surface area contributed by atoms with Crippen molar-refractivity contribution >= 4 is 63.5 Å². The van der Waals surface area contributed by atoms with Gasteiger partial charge in [0.15, 0.2) is 17.2 Å². The van der Waals surface area contributed by atoms with Gasteiger partial charge in [0.1, 0.15) is 11.6 Å². The van der Waals surface area contributed by atoms with Crippen LogP contribution in [0.3, 0.4) is 0 Å². The van der Waals surface area contributed by atoms with Crippen molar-refractivity contribution in [2.75, 3.05) is 37.3 Å². The van der Waals surface area contributed by atoms with Gasteiger partial charge in [0.25, 0.3) is 0 Å². The lowest BCUT2D eigenvalue weighted by Crippen LogP contribution is -2.55. The summed E-state index contributed by atoms with van der Waals surface area (Å²) < 4.78 is 13.0. The molecule has 68 heavy (non-hydrogen) atoms. The van der Waals surface area contributed by atoms with Crippen LogP contribution in [0.2, 0.25) is 0 Å². The summed E-state index contributed by atoms with van der Waals surface area (Å²) in [5.41, 5.74) is 0.978. The third kappa shape index (κ3) is 19.7. The molecule has 3 aromatic rings. The van der Waals surface area contributed by atoms with Gasteiger partial charge >= 0.3 is 5.97 Å². The molecule has 5 atom stereocenters. The molecule has 0 spiro atoms. The first kappa shape index (κ1) is 55.9. The van der Waals surface area contributed by atoms with Crippen LogP contribution in [0.15, 0.2) is 66.9 Å². The summed E-state index contributed by atoms with van der Waals surface area (Å²) in [6.07, 6.45) is 4.39. The molecule has 0 saturated carbocycles. The highest BCUT2D eigenvalue weighted by molar-refractivity contribution is 14.1. The van der Waals surface area contributed by atoms with Gasteiger partial charge in [-0.25, -0.2) is 0 Å². The minimum Gasteiger partial charge on any atom is -0.450 e. The molecular formula is C52H73IN6O9. The van der Waals surface area contributed by atoms with Crippen LogP contribution in [0.4, 0.5) is 0 Å². The molecule has 372 valence electrons. The van der Waals surface area contributed by atoms with Crippen molar-refractivity contribution < 1.29 is 43.0 Å². The Labute approximate surface area is 416 Å². The van der Waals surface area contributed by atoms with Crippen molar-refractivity contribution in [2.45, 2.75) is 129 Å². The van der Waals surface area contributed by atoms with E-state index in [4.69, 9.17) is 9.47 Å². The second-order valence-electron chi connectivity index (χ2n) is 19.3. The highest BCUT2D eigenvalue weighted by Crippen LogP contribution is 2.25. The van der Waals surface area contributed by atoms with Gasteiger partial charge in [0, 0.05) is 74.7 Å². The van der Waals surface area contributed by atoms with Crippen molar-refractivity contribution in [1.82, 2.24) is 30.5 Å². The molecule has 2 N–H and O–H groups in total. The number of alkyl halides is 1. The second-order valence-corrected chi connectivity index (χ2v) is 20.0. The van der Waals surface area contributed by atoms with E-state index in [1.165, 1.54) is 0 Å². The maximum Gasteiger partial charge on any atom is 0.306 e. The molecule has 0 aliphatic carbocycles. The van der Waals surface area contributed by atoms with Gasteiger partial charge in [0.2, 0.25) is 11.8 Å². The standard InChI is InChI=1S/C52H73IN6O9/c1-36(2)28-45(54-50(65)40(21-20-38-14-9-7-10-15-38)31-44(61)34-59-24-26-67-27-25-59)47(62)32-41(30-39-16-11-8-12-17-39)51(66)55-46(29-37(3)4)49(64)52(5,35-53)68-48(63)19-13-18-43(60)23-22-42-33-58(6)57-56-42/h7-12,14-17,33,36-37,40-41,45-46H,13,18-32,34-35H2,1-6H3,(H,54,65)(H,55,66)/t40-,41-,45+,46+,52-/m1/s1. The van der Waals surface area contributed by atoms with E-state index in [0.29, 0.717) is 57.7 Å². The Balaban J connectivity index is 1.48. The number of halogens is 1. The van der Waals surface area contributed by atoms with Crippen LogP contribution in [0.1, 0.15) is 109 Å². The van der Waals surface area contributed by atoms with E-state index in [9.17, 15) is 33.6 Å². The lowest BCUT2D eigenvalue weighted by molar-refractivity contribution is -0.164. The Hall–Kier alpha value is -4.68. The Morgan fingerprint density at radius 2 is 1.37 bits per heavy atom. The Kier molecular flexibility index (Phi) is 23.6. The number of ether oxygens (including phenoxy) is 2. The van der Waals surface area contributed by atoms with Crippen molar-refractivity contribution in [3.05, 3.63) is 83.7 Å². The lowest BCUT2D eigenvalue weighted by Gasteiger charge is -2.32. The molecule has 2 aromatic carbocycles. The first-order chi connectivity index (χ1) is 32.4. The number of nitrogens with one attached hydrogen (secondary N) is 2. The highest BCUT2D eigenvalue weighted by Gasteiger charge is 2.42. The fraction of sp³-hybridized carbons (Fsp3) is 0.596. The van der Waals surface area contributed by atoms with Crippen molar-refractivity contribution in [2.24, 2.45) is 30.7 Å². The largest absolute Gasteiger partial charge is 0.450 e. The number of morpholine rings is 1. The number of carbonyl (C=O) groups is 7. The minimum absolute atomic E-state index is 0.00789. The molecule has 0 unspecified atom stereocenters. The van der Waals surface area contributed by atoms with Crippen LogP contribution in [-0.4, -0.2) is 116 Å². The number of rotatable bonds is 31. The van der Waals surface area contributed by atoms with Crippen LogP contribution in [0.5, 0.6) is 0 Å². The fourth-order valence-corrected chi connectivity index (χ4v) is 8.90. The monoisotopic (exact) mass is 1050 g/mol. The summed E-state index contributed by atoms with van der Waals surface area (Å²) >= 11 is 2.00. The van der Waals surface area contributed by atoms with E-state index in [2.05, 4.69) is 20.9 Å². The van der Waals surface area contributed by atoms with Crippen LogP contribution in [-0.2, 0) is 69.3 Å². The quantitative estimate of drug-likeness (QED) is 0.0421. The number of hydrogen-bond donors (Lipinski definition) is 2. The molecule has 1 aliphatic heterocycles. The van der Waals surface area contributed by atoms with Gasteiger partial charge < -0.3 is 20.1 Å². The predicted molar refractivity (Wildman–Crippen MR) is 268 cm³/mol. The average molecular weight is 1050 g/mol. The van der Waals surface area contributed by atoms with E-state index in [0.717, 1.165) is 11.1 Å². The first-order valence-corrected chi connectivity index (χ1v) is 25.7. The number of aromatic nitrogens is 3. The number of carbonyl (C=O) groups excluding carboxylic acids is 7. The molecular weight excluding hydrogens is 980 g/mol. The van der Waals surface area contributed by atoms with Crippen molar-refractivity contribution in [1.29, 1.82) is 0 Å². The van der Waals surface area contributed by atoms with E-state index in [1.807, 2.05) is 116 Å². The van der Waals surface area contributed by atoms with Crippen LogP contribution in [0, 0.1) is 23.7 Å². The lowest BCUT2D eigenvalue weighted by atomic mass is 9.87. The molecule has 0 bridgehead atoms. The number of aryl methyl sites for hydroxylation is 3. The molecule has 4 rings (SSSR count). The second kappa shape index (κ2) is 28.7. The zero-order valence-corrected chi connectivity index (χ0v) is 43.0. The Morgan fingerprint density at radius 1 is 0.765 bits per heavy atom. The third-order valence-electron chi connectivity index (χ3n) is 12.1. The molecule has 2 amide bonds. The van der Waals surface area contributed by atoms with Crippen LogP contribution in [0.25, 0.3) is 0 Å². The Morgan fingerprint density at radius 3 is 1.97 bits per heavy atom. The van der Waals surface area contributed by atoms with Crippen molar-refractivity contribution in [3.8, 4) is 0 Å². The van der Waals surface area contributed by atoms with Gasteiger partial charge in [-0.1, -0.05) is 116 Å². The number of nitrogens with zero attached hydrogens (tertiary/aromatic N) is 4. The predicted octanol–water partition coefficient (Wildman–Crippen LogP) is 6.21. The number of benzene rings is 2. The Bertz CT molecular complexity index is 2090. The van der Waals surface area contributed by atoms with Gasteiger partial charge in [-0.3, -0.25) is 43.1 Å². The molecule has 1 fully saturated rings. The summed E-state index contributed by atoms with van der Waals surface area (Å²) in [6, 6.07) is 17.1. The highest BCUT2D eigenvalue weighted by atomic mass is 127. The van der Waals surface area contributed by atoms with Crippen molar-refractivity contribution in [3.63, 3.8) is 0 Å². The third-order valence-corrected chi connectivity index (χ3v) is 13.6. The van der Waals surface area contributed by atoms with Gasteiger partial charge in [0.05, 0.1) is 37.5 Å². The molecule has 1 aromatic heterocycles. The first-order valence-electron chi connectivity index (χ1n) is 24.2. The number of hydrogen-bond acceptors (Lipinski definition) is 12. The van der Waals surface area contributed by atoms with Gasteiger partial charge in [-0.15, -0.1) is 5.10 Å². The van der Waals surface area contributed by atoms with Gasteiger partial charge in [-0.05, 0) is 74.8 Å². The van der Waals surface area contributed by atoms with Gasteiger partial charge in [-0.2, -0.15) is 0 Å². The molecule has 1 saturated heterocycles. The molecule has 2 heterocycles. The topological polar surface area (TPSA) is 196 Å². The average Bonchev–Trinajstić information content (AvgIpc) is 3.73. The minimum atomic E-state index is -1.58. The summed E-state index contributed by atoms with van der Waals surface area (Å²) in [4.78, 5) is 99.0. The molecule has 0 radical (unpaired) electrons. The molecule has 16 heteroatoms. The molecule has 15 nitrogen and oxygen atoms in total. The zero-order chi connectivity index (χ0) is 49.6.